The molecule has 0 saturated carbocycles. The highest BCUT2D eigenvalue weighted by atomic mass is 32.2. The summed E-state index contributed by atoms with van der Waals surface area (Å²) in [6, 6.07) is 0. The summed E-state index contributed by atoms with van der Waals surface area (Å²) in [4.78, 5) is 14.0. The number of nitrogens with zero attached hydrogens (tertiary/aromatic N) is 1. The van der Waals surface area contributed by atoms with Gasteiger partial charge in [-0.25, -0.2) is 0 Å². The second kappa shape index (κ2) is 3.39. The molecule has 4 heteroatoms. The van der Waals surface area contributed by atoms with Crippen molar-refractivity contribution < 1.29 is 4.79 Å². The summed E-state index contributed by atoms with van der Waals surface area (Å²) in [7, 11) is 0. The van der Waals surface area contributed by atoms with Crippen LogP contribution in [0.25, 0.3) is 0 Å². The van der Waals surface area contributed by atoms with Crippen molar-refractivity contribution in [1.29, 1.82) is 0 Å². The number of carbonyl (C=O) groups excluding carboxylic acids is 1. The fourth-order valence-electron chi connectivity index (χ4n) is 1.71. The van der Waals surface area contributed by atoms with Gasteiger partial charge in [-0.15, -0.1) is 23.5 Å². The molecular weight excluding hydrogens is 202 g/mol. The summed E-state index contributed by atoms with van der Waals surface area (Å²) in [6.45, 7) is 5.26. The molecule has 0 aromatic heterocycles. The van der Waals surface area contributed by atoms with Gasteiger partial charge in [0.25, 0.3) is 0 Å². The fourth-order valence-corrected chi connectivity index (χ4v) is 4.41. The highest BCUT2D eigenvalue weighted by molar-refractivity contribution is 8.21. The lowest BCUT2D eigenvalue weighted by atomic mass is 9.89. The van der Waals surface area contributed by atoms with E-state index in [0.717, 1.165) is 24.5 Å². The SMILES string of the molecule is CC1(C)CCN1C(=O)C1SCCS1. The second-order valence-electron chi connectivity index (χ2n) is 4.13. The lowest BCUT2D eigenvalue weighted by Gasteiger charge is -2.49. The van der Waals surface area contributed by atoms with E-state index >= 15 is 0 Å². The Morgan fingerprint density at radius 2 is 2.00 bits per heavy atom. The second-order valence-corrected chi connectivity index (χ2v) is 6.85. The molecule has 0 atom stereocenters. The minimum absolute atomic E-state index is 0.126. The van der Waals surface area contributed by atoms with Gasteiger partial charge < -0.3 is 4.90 Å². The molecule has 2 heterocycles. The van der Waals surface area contributed by atoms with Crippen molar-refractivity contribution in [3.63, 3.8) is 0 Å². The summed E-state index contributed by atoms with van der Waals surface area (Å²) < 4.78 is 0.194. The molecule has 0 N–H and O–H groups in total. The first kappa shape index (κ1) is 9.71. The molecule has 2 saturated heterocycles. The standard InChI is InChI=1S/C9H15NOS2/c1-9(2)3-4-10(9)7(11)8-12-5-6-13-8/h8H,3-6H2,1-2H3. The Balaban J connectivity index is 1.97. The van der Waals surface area contributed by atoms with Gasteiger partial charge in [-0.3, -0.25) is 4.79 Å². The Morgan fingerprint density at radius 1 is 1.38 bits per heavy atom. The fraction of sp³-hybridized carbons (Fsp3) is 0.889. The molecule has 0 spiro atoms. The molecule has 2 nitrogen and oxygen atoms in total. The lowest BCUT2D eigenvalue weighted by molar-refractivity contribution is -0.142. The first-order valence-corrected chi connectivity index (χ1v) is 6.76. The summed E-state index contributed by atoms with van der Waals surface area (Å²) in [5.41, 5.74) is 0.126. The zero-order valence-electron chi connectivity index (χ0n) is 8.08. The number of amides is 1. The van der Waals surface area contributed by atoms with E-state index in [1.165, 1.54) is 0 Å². The van der Waals surface area contributed by atoms with Crippen molar-refractivity contribution in [2.24, 2.45) is 0 Å². The minimum atomic E-state index is 0.126. The van der Waals surface area contributed by atoms with Crippen LogP contribution >= 0.6 is 23.5 Å². The van der Waals surface area contributed by atoms with Crippen LogP contribution in [0.5, 0.6) is 0 Å². The van der Waals surface area contributed by atoms with E-state index in [0.29, 0.717) is 5.91 Å². The zero-order chi connectivity index (χ0) is 9.47. The van der Waals surface area contributed by atoms with Gasteiger partial charge in [0.05, 0.1) is 0 Å². The number of rotatable bonds is 1. The molecule has 0 aliphatic carbocycles. The Bertz CT molecular complexity index is 224. The average molecular weight is 217 g/mol. The smallest absolute Gasteiger partial charge is 0.246 e. The Hall–Kier alpha value is 0.170. The van der Waals surface area contributed by atoms with Crippen molar-refractivity contribution >= 4 is 29.4 Å². The van der Waals surface area contributed by atoms with Crippen molar-refractivity contribution in [2.45, 2.75) is 30.4 Å². The third-order valence-corrected chi connectivity index (χ3v) is 5.73. The summed E-state index contributed by atoms with van der Waals surface area (Å²) in [6.07, 6.45) is 1.15. The number of carbonyl (C=O) groups is 1. The van der Waals surface area contributed by atoms with E-state index in [1.807, 2.05) is 4.90 Å². The van der Waals surface area contributed by atoms with E-state index in [1.54, 1.807) is 23.5 Å². The van der Waals surface area contributed by atoms with E-state index in [2.05, 4.69) is 13.8 Å². The average Bonchev–Trinajstić information content (AvgIpc) is 2.54. The monoisotopic (exact) mass is 217 g/mol. The van der Waals surface area contributed by atoms with Crippen LogP contribution in [-0.2, 0) is 4.79 Å². The van der Waals surface area contributed by atoms with Crippen LogP contribution in [0.3, 0.4) is 0 Å². The predicted molar refractivity (Wildman–Crippen MR) is 59.1 cm³/mol. The third kappa shape index (κ3) is 1.71. The van der Waals surface area contributed by atoms with Crippen LogP contribution in [0.4, 0.5) is 0 Å². The van der Waals surface area contributed by atoms with Gasteiger partial charge in [0.2, 0.25) is 5.91 Å². The minimum Gasteiger partial charge on any atom is -0.336 e. The van der Waals surface area contributed by atoms with E-state index in [4.69, 9.17) is 0 Å². The van der Waals surface area contributed by atoms with E-state index in [-0.39, 0.29) is 10.1 Å². The predicted octanol–water partition coefficient (Wildman–Crippen LogP) is 1.80. The molecular formula is C9H15NOS2. The van der Waals surface area contributed by atoms with Gasteiger partial charge in [-0.2, -0.15) is 0 Å². The molecule has 0 aromatic rings. The lowest BCUT2D eigenvalue weighted by Crippen LogP contribution is -2.59. The van der Waals surface area contributed by atoms with Crippen molar-refractivity contribution in [2.75, 3.05) is 18.1 Å². The van der Waals surface area contributed by atoms with Crippen LogP contribution < -0.4 is 0 Å². The maximum Gasteiger partial charge on any atom is 0.246 e. The number of hydrogen-bond acceptors (Lipinski definition) is 3. The van der Waals surface area contributed by atoms with Crippen molar-refractivity contribution in [3.8, 4) is 0 Å². The summed E-state index contributed by atoms with van der Waals surface area (Å²) >= 11 is 3.60. The zero-order valence-corrected chi connectivity index (χ0v) is 9.71. The molecule has 2 rings (SSSR count). The molecule has 2 fully saturated rings. The largest absolute Gasteiger partial charge is 0.336 e. The third-order valence-electron chi connectivity index (χ3n) is 2.77. The Kier molecular flexibility index (Phi) is 2.53. The van der Waals surface area contributed by atoms with Crippen LogP contribution in [0.15, 0.2) is 0 Å². The van der Waals surface area contributed by atoms with Crippen LogP contribution in [-0.4, -0.2) is 39.0 Å². The molecule has 0 bridgehead atoms. The number of likely N-dealkylation sites (tertiary alicyclic amines) is 1. The van der Waals surface area contributed by atoms with Crippen molar-refractivity contribution in [3.05, 3.63) is 0 Å². The van der Waals surface area contributed by atoms with Gasteiger partial charge in [0.1, 0.15) is 4.58 Å². The molecule has 0 aromatic carbocycles. The summed E-state index contributed by atoms with van der Waals surface area (Å²) in [5, 5.41) is 0. The van der Waals surface area contributed by atoms with E-state index in [9.17, 15) is 4.79 Å². The molecule has 13 heavy (non-hydrogen) atoms. The van der Waals surface area contributed by atoms with Gasteiger partial charge in [0.15, 0.2) is 0 Å². The van der Waals surface area contributed by atoms with Gasteiger partial charge in [-0.05, 0) is 20.3 Å². The topological polar surface area (TPSA) is 20.3 Å². The normalized spacial score (nSPS) is 27.4. The first-order valence-electron chi connectivity index (χ1n) is 4.66. The highest BCUT2D eigenvalue weighted by Crippen LogP contribution is 2.38. The maximum atomic E-state index is 11.9. The quantitative estimate of drug-likeness (QED) is 0.668. The van der Waals surface area contributed by atoms with Gasteiger partial charge >= 0.3 is 0 Å². The van der Waals surface area contributed by atoms with Crippen LogP contribution in [0.1, 0.15) is 20.3 Å². The number of thioether (sulfide) groups is 2. The van der Waals surface area contributed by atoms with Gasteiger partial charge in [0, 0.05) is 23.6 Å². The molecule has 0 unspecified atom stereocenters. The molecule has 2 aliphatic rings. The van der Waals surface area contributed by atoms with E-state index < -0.39 is 0 Å². The molecule has 1 amide bonds. The number of hydrogen-bond donors (Lipinski definition) is 0. The molecule has 0 radical (unpaired) electrons. The summed E-state index contributed by atoms with van der Waals surface area (Å²) in [5.74, 6) is 2.62. The van der Waals surface area contributed by atoms with Crippen LogP contribution in [0, 0.1) is 0 Å². The van der Waals surface area contributed by atoms with Gasteiger partial charge in [-0.1, -0.05) is 0 Å². The van der Waals surface area contributed by atoms with Crippen molar-refractivity contribution in [1.82, 2.24) is 4.90 Å². The first-order chi connectivity index (χ1) is 6.11. The Morgan fingerprint density at radius 3 is 2.38 bits per heavy atom. The highest BCUT2D eigenvalue weighted by Gasteiger charge is 2.42. The molecule has 74 valence electrons. The maximum absolute atomic E-state index is 11.9. The Labute approximate surface area is 87.8 Å². The van der Waals surface area contributed by atoms with Crippen LogP contribution in [0.2, 0.25) is 0 Å². The molecule has 2 aliphatic heterocycles.